The van der Waals surface area contributed by atoms with Crippen LogP contribution in [0.2, 0.25) is 0 Å². The lowest BCUT2D eigenvalue weighted by atomic mass is 10.0. The second-order valence-corrected chi connectivity index (χ2v) is 8.95. The van der Waals surface area contributed by atoms with E-state index in [2.05, 4.69) is 82.7 Å². The Morgan fingerprint density at radius 2 is 1.31 bits per heavy atom. The fourth-order valence-corrected chi connectivity index (χ4v) is 4.94. The van der Waals surface area contributed by atoms with Crippen molar-refractivity contribution in [1.82, 2.24) is 4.57 Å². The van der Waals surface area contributed by atoms with E-state index in [9.17, 15) is 0 Å². The van der Waals surface area contributed by atoms with Gasteiger partial charge >= 0.3 is 0 Å². The van der Waals surface area contributed by atoms with Gasteiger partial charge in [-0.25, -0.2) is 4.99 Å². The van der Waals surface area contributed by atoms with Crippen molar-refractivity contribution in [3.63, 3.8) is 0 Å². The second-order valence-electron chi connectivity index (χ2n) is 8.12. The van der Waals surface area contributed by atoms with E-state index in [1.165, 1.54) is 11.1 Å². The largest absolute Gasteiger partial charge is 0.497 e. The monoisotopic (exact) mass is 478 g/mol. The molecule has 1 aromatic heterocycles. The maximum Gasteiger partial charge on any atom is 0.195 e. The van der Waals surface area contributed by atoms with Crippen molar-refractivity contribution in [2.45, 2.75) is 6.42 Å². The predicted molar refractivity (Wildman–Crippen MR) is 143 cm³/mol. The van der Waals surface area contributed by atoms with E-state index in [0.717, 1.165) is 33.9 Å². The van der Waals surface area contributed by atoms with Crippen LogP contribution in [0.4, 0.5) is 5.69 Å². The van der Waals surface area contributed by atoms with Crippen LogP contribution in [0.3, 0.4) is 0 Å². The average Bonchev–Trinajstić information content (AvgIpc) is 3.33. The van der Waals surface area contributed by atoms with Gasteiger partial charge in [0, 0.05) is 29.3 Å². The van der Waals surface area contributed by atoms with Crippen molar-refractivity contribution in [2.24, 2.45) is 4.99 Å². The number of aromatic nitrogens is 1. The van der Waals surface area contributed by atoms with Gasteiger partial charge < -0.3 is 9.47 Å². The first-order chi connectivity index (χ1) is 17.2. The molecule has 0 fully saturated rings. The van der Waals surface area contributed by atoms with Crippen molar-refractivity contribution >= 4 is 17.0 Å². The van der Waals surface area contributed by atoms with Crippen LogP contribution in [0.25, 0.3) is 16.9 Å². The summed E-state index contributed by atoms with van der Waals surface area (Å²) in [6, 6.07) is 35.3. The number of nitrogens with zero attached hydrogens (tertiary/aromatic N) is 2. The number of hydrogen-bond donors (Lipinski definition) is 0. The maximum atomic E-state index is 5.44. The Bertz CT molecular complexity index is 1450. The number of ether oxygens (including phenoxy) is 2. The molecule has 0 bridgehead atoms. The van der Waals surface area contributed by atoms with E-state index in [1.54, 1.807) is 25.6 Å². The molecule has 4 nitrogen and oxygen atoms in total. The quantitative estimate of drug-likeness (QED) is 0.251. The van der Waals surface area contributed by atoms with E-state index in [0.29, 0.717) is 11.5 Å². The Morgan fingerprint density at radius 3 is 1.94 bits per heavy atom. The van der Waals surface area contributed by atoms with Crippen molar-refractivity contribution in [3.05, 3.63) is 124 Å². The van der Waals surface area contributed by atoms with Gasteiger partial charge in [0.15, 0.2) is 4.80 Å². The van der Waals surface area contributed by atoms with Gasteiger partial charge in [0.05, 0.1) is 25.6 Å². The molecule has 1 heterocycles. The number of rotatable bonds is 7. The molecule has 35 heavy (non-hydrogen) atoms. The zero-order valence-corrected chi connectivity index (χ0v) is 20.5. The minimum atomic E-state index is 0.708. The summed E-state index contributed by atoms with van der Waals surface area (Å²) in [4.78, 5) is 5.86. The summed E-state index contributed by atoms with van der Waals surface area (Å²) in [5.74, 6) is 1.42. The molecular formula is C30H26N2O2S. The molecule has 0 saturated carbocycles. The summed E-state index contributed by atoms with van der Waals surface area (Å²) in [6.45, 7) is 0. The maximum absolute atomic E-state index is 5.44. The van der Waals surface area contributed by atoms with E-state index in [1.807, 2.05) is 30.3 Å². The number of methoxy groups -OCH3 is 2. The van der Waals surface area contributed by atoms with Gasteiger partial charge in [0.25, 0.3) is 0 Å². The molecular weight excluding hydrogens is 452 g/mol. The molecule has 4 aromatic carbocycles. The smallest absolute Gasteiger partial charge is 0.195 e. The summed E-state index contributed by atoms with van der Waals surface area (Å²) in [7, 11) is 3.29. The molecule has 0 aliphatic rings. The molecule has 0 atom stereocenters. The SMILES string of the molecule is COc1cc(N=c2scc(-c3ccccc3)n2-c2ccc(Cc3ccccc3)cc2)cc(OC)c1. The third-order valence-corrected chi connectivity index (χ3v) is 6.61. The van der Waals surface area contributed by atoms with E-state index in [4.69, 9.17) is 14.5 Å². The van der Waals surface area contributed by atoms with Crippen molar-refractivity contribution in [1.29, 1.82) is 0 Å². The summed E-state index contributed by atoms with van der Waals surface area (Å²) in [6.07, 6.45) is 0.905. The van der Waals surface area contributed by atoms with Crippen LogP contribution in [-0.4, -0.2) is 18.8 Å². The highest BCUT2D eigenvalue weighted by Gasteiger charge is 2.11. The lowest BCUT2D eigenvalue weighted by Gasteiger charge is -2.11. The molecule has 0 aliphatic carbocycles. The van der Waals surface area contributed by atoms with E-state index < -0.39 is 0 Å². The third-order valence-electron chi connectivity index (χ3n) is 5.78. The van der Waals surface area contributed by atoms with Crippen molar-refractivity contribution in [2.75, 3.05) is 14.2 Å². The summed E-state index contributed by atoms with van der Waals surface area (Å²) in [5, 5.41) is 2.16. The number of hydrogen-bond acceptors (Lipinski definition) is 4. The van der Waals surface area contributed by atoms with Gasteiger partial charge in [-0.05, 0) is 35.2 Å². The highest BCUT2D eigenvalue weighted by atomic mass is 32.1. The first kappa shape index (κ1) is 22.7. The zero-order valence-electron chi connectivity index (χ0n) is 19.7. The van der Waals surface area contributed by atoms with Crippen LogP contribution in [0.15, 0.2) is 114 Å². The van der Waals surface area contributed by atoms with E-state index in [-0.39, 0.29) is 0 Å². The number of thiazole rings is 1. The minimum Gasteiger partial charge on any atom is -0.497 e. The van der Waals surface area contributed by atoms with Gasteiger partial charge in [0.2, 0.25) is 0 Å². The Hall–Kier alpha value is -4.09. The lowest BCUT2D eigenvalue weighted by molar-refractivity contribution is 0.394. The Kier molecular flexibility index (Phi) is 6.77. The Labute approximate surface area is 209 Å². The van der Waals surface area contributed by atoms with Crippen LogP contribution >= 0.6 is 11.3 Å². The van der Waals surface area contributed by atoms with Gasteiger partial charge in [-0.3, -0.25) is 4.57 Å². The van der Waals surface area contributed by atoms with Gasteiger partial charge in [-0.15, -0.1) is 11.3 Å². The number of benzene rings is 4. The van der Waals surface area contributed by atoms with Crippen molar-refractivity contribution in [3.8, 4) is 28.4 Å². The molecule has 0 spiro atoms. The predicted octanol–water partition coefficient (Wildman–Crippen LogP) is 7.05. The fourth-order valence-electron chi connectivity index (χ4n) is 4.01. The normalized spacial score (nSPS) is 11.4. The van der Waals surface area contributed by atoms with Gasteiger partial charge in [-0.1, -0.05) is 72.8 Å². The lowest BCUT2D eigenvalue weighted by Crippen LogP contribution is -2.13. The first-order valence-corrected chi connectivity index (χ1v) is 12.3. The molecule has 174 valence electrons. The van der Waals surface area contributed by atoms with Gasteiger partial charge in [-0.2, -0.15) is 0 Å². The summed E-state index contributed by atoms with van der Waals surface area (Å²) in [5.41, 5.74) is 6.65. The summed E-state index contributed by atoms with van der Waals surface area (Å²) >= 11 is 1.61. The fraction of sp³-hybridized carbons (Fsp3) is 0.100. The van der Waals surface area contributed by atoms with Crippen molar-refractivity contribution < 1.29 is 9.47 Å². The van der Waals surface area contributed by atoms with Crippen LogP contribution < -0.4 is 14.3 Å². The van der Waals surface area contributed by atoms with Crippen LogP contribution in [-0.2, 0) is 6.42 Å². The highest BCUT2D eigenvalue weighted by molar-refractivity contribution is 7.07. The van der Waals surface area contributed by atoms with Crippen LogP contribution in [0.1, 0.15) is 11.1 Å². The molecule has 5 rings (SSSR count). The van der Waals surface area contributed by atoms with Gasteiger partial charge in [0.1, 0.15) is 11.5 Å². The Morgan fingerprint density at radius 1 is 0.714 bits per heavy atom. The molecule has 0 radical (unpaired) electrons. The second kappa shape index (κ2) is 10.5. The average molecular weight is 479 g/mol. The minimum absolute atomic E-state index is 0.708. The van der Waals surface area contributed by atoms with Crippen LogP contribution in [0, 0.1) is 0 Å². The third kappa shape index (κ3) is 5.20. The van der Waals surface area contributed by atoms with Crippen LogP contribution in [0.5, 0.6) is 11.5 Å². The highest BCUT2D eigenvalue weighted by Crippen LogP contribution is 2.29. The standard InChI is InChI=1S/C30H26N2O2S/c1-33-27-18-25(19-28(20-27)34-2)31-30-32(29(21-35-30)24-11-7-4-8-12-24)26-15-13-23(14-16-26)17-22-9-5-3-6-10-22/h3-16,18-21H,17H2,1-2H3. The molecule has 5 aromatic rings. The zero-order chi connectivity index (χ0) is 24.0. The molecule has 0 N–H and O–H groups in total. The first-order valence-electron chi connectivity index (χ1n) is 11.4. The summed E-state index contributed by atoms with van der Waals surface area (Å²) < 4.78 is 13.1. The molecule has 0 amide bonds. The molecule has 0 unspecified atom stereocenters. The molecule has 0 aliphatic heterocycles. The Balaban J connectivity index is 1.60. The molecule has 0 saturated heterocycles. The van der Waals surface area contributed by atoms with E-state index >= 15 is 0 Å². The molecule has 5 heteroatoms. The topological polar surface area (TPSA) is 35.8 Å².